The number of rotatable bonds is 11. The molecule has 206 valence electrons. The topological polar surface area (TPSA) is 124 Å². The Balaban J connectivity index is 1.38. The molecule has 1 aliphatic carbocycles. The smallest absolute Gasteiger partial charge is 0.163 e. The second kappa shape index (κ2) is 10.6. The third-order valence-electron chi connectivity index (χ3n) is 7.25. The zero-order valence-corrected chi connectivity index (χ0v) is 22.7. The van der Waals surface area contributed by atoms with Crippen molar-refractivity contribution in [1.82, 2.24) is 4.98 Å². The minimum atomic E-state index is -1.39. The number of hydrogen-bond donors (Lipinski definition) is 3. The van der Waals surface area contributed by atoms with E-state index in [1.165, 1.54) is 0 Å². The number of aliphatic hydroxyl groups is 2. The lowest BCUT2D eigenvalue weighted by atomic mass is 9.88. The molecule has 1 aromatic heterocycles. The fraction of sp³-hybridized carbons (Fsp3) is 0.419. The standard InChI is InChI=1S/C31H36N2O6/c1-19-4-6-20(7-5-19)28-29-23(30(2,32)18-38-29)17-27(33-28)31(3,36)13-12-24(35)21-8-11-25(39-22-9-10-22)26(16-21)37-15-14-34/h4-8,11,16-17,22,34,36H,9-10,12-15,18,32H2,1-3H3. The summed E-state index contributed by atoms with van der Waals surface area (Å²) in [7, 11) is 0. The van der Waals surface area contributed by atoms with Gasteiger partial charge in [-0.05, 0) is 64.3 Å². The molecule has 0 saturated heterocycles. The Bertz CT molecular complexity index is 1360. The van der Waals surface area contributed by atoms with Crippen molar-refractivity contribution in [3.05, 3.63) is 70.9 Å². The number of nitrogens with two attached hydrogens (primary N) is 1. The van der Waals surface area contributed by atoms with Crippen LogP contribution in [0.25, 0.3) is 11.3 Å². The largest absolute Gasteiger partial charge is 0.489 e. The zero-order chi connectivity index (χ0) is 27.8. The van der Waals surface area contributed by atoms with Crippen LogP contribution in [0.2, 0.25) is 0 Å². The molecular weight excluding hydrogens is 496 g/mol. The van der Waals surface area contributed by atoms with Gasteiger partial charge < -0.3 is 30.2 Å². The first-order valence-corrected chi connectivity index (χ1v) is 13.4. The van der Waals surface area contributed by atoms with Gasteiger partial charge in [0.2, 0.25) is 0 Å². The second-order valence-electron chi connectivity index (χ2n) is 11.1. The van der Waals surface area contributed by atoms with E-state index in [-0.39, 0.29) is 37.9 Å². The monoisotopic (exact) mass is 532 g/mol. The molecule has 5 rings (SSSR count). The first-order chi connectivity index (χ1) is 18.6. The molecule has 2 unspecified atom stereocenters. The number of carbonyl (C=O) groups is 1. The summed E-state index contributed by atoms with van der Waals surface area (Å²) in [5.41, 5.74) is 8.70. The molecular formula is C31H36N2O6. The number of ether oxygens (including phenoxy) is 3. The van der Waals surface area contributed by atoms with Gasteiger partial charge >= 0.3 is 0 Å². The molecule has 2 atom stereocenters. The Labute approximate surface area is 228 Å². The summed E-state index contributed by atoms with van der Waals surface area (Å²) >= 11 is 0. The van der Waals surface area contributed by atoms with Crippen LogP contribution in [0.4, 0.5) is 0 Å². The lowest BCUT2D eigenvalue weighted by Gasteiger charge is -2.25. The van der Waals surface area contributed by atoms with Gasteiger partial charge in [0.05, 0.1) is 23.9 Å². The molecule has 4 N–H and O–H groups in total. The van der Waals surface area contributed by atoms with Gasteiger partial charge in [-0.3, -0.25) is 4.79 Å². The summed E-state index contributed by atoms with van der Waals surface area (Å²) in [6.45, 7) is 5.85. The SMILES string of the molecule is Cc1ccc(-c2nc(C(C)(O)CCC(=O)c3ccc(OC4CC4)c(OCCO)c3)cc3c2OCC3(C)N)cc1. The van der Waals surface area contributed by atoms with Crippen LogP contribution in [-0.4, -0.2) is 46.9 Å². The Morgan fingerprint density at radius 1 is 1.18 bits per heavy atom. The molecule has 0 spiro atoms. The number of hydrogen-bond acceptors (Lipinski definition) is 8. The van der Waals surface area contributed by atoms with E-state index < -0.39 is 11.1 Å². The van der Waals surface area contributed by atoms with Crippen LogP contribution in [0.1, 0.15) is 66.7 Å². The Kier molecular flexibility index (Phi) is 7.37. The third-order valence-corrected chi connectivity index (χ3v) is 7.25. The van der Waals surface area contributed by atoms with Crippen LogP contribution < -0.4 is 19.9 Å². The number of aliphatic hydroxyl groups excluding tert-OH is 1. The van der Waals surface area contributed by atoms with Crippen LogP contribution >= 0.6 is 0 Å². The van der Waals surface area contributed by atoms with E-state index in [1.54, 1.807) is 31.2 Å². The fourth-order valence-corrected chi connectivity index (χ4v) is 4.63. The van der Waals surface area contributed by atoms with Crippen LogP contribution in [0, 0.1) is 6.92 Å². The van der Waals surface area contributed by atoms with Crippen molar-refractivity contribution in [2.24, 2.45) is 5.73 Å². The van der Waals surface area contributed by atoms with Gasteiger partial charge in [-0.2, -0.15) is 0 Å². The lowest BCUT2D eigenvalue weighted by Crippen LogP contribution is -2.35. The van der Waals surface area contributed by atoms with Gasteiger partial charge in [-0.1, -0.05) is 29.8 Å². The maximum Gasteiger partial charge on any atom is 0.163 e. The summed E-state index contributed by atoms with van der Waals surface area (Å²) < 4.78 is 17.5. The van der Waals surface area contributed by atoms with Gasteiger partial charge in [0.1, 0.15) is 24.5 Å². The normalized spacial score (nSPS) is 19.6. The highest BCUT2D eigenvalue weighted by molar-refractivity contribution is 5.96. The average molecular weight is 533 g/mol. The Hall–Kier alpha value is -3.46. The van der Waals surface area contributed by atoms with Crippen LogP contribution in [0.5, 0.6) is 17.2 Å². The van der Waals surface area contributed by atoms with Gasteiger partial charge in [-0.25, -0.2) is 4.98 Å². The summed E-state index contributed by atoms with van der Waals surface area (Å²) in [5, 5.41) is 20.7. The molecule has 0 radical (unpaired) electrons. The van der Waals surface area contributed by atoms with E-state index in [4.69, 9.17) is 24.9 Å². The summed E-state index contributed by atoms with van der Waals surface area (Å²) in [5.74, 6) is 1.48. The van der Waals surface area contributed by atoms with E-state index in [9.17, 15) is 15.0 Å². The fourth-order valence-electron chi connectivity index (χ4n) is 4.63. The van der Waals surface area contributed by atoms with Gasteiger partial charge in [0.15, 0.2) is 23.0 Å². The molecule has 8 nitrogen and oxygen atoms in total. The Morgan fingerprint density at radius 2 is 1.92 bits per heavy atom. The molecule has 2 heterocycles. The van der Waals surface area contributed by atoms with Crippen LogP contribution in [0.3, 0.4) is 0 Å². The molecule has 2 aliphatic rings. The highest BCUT2D eigenvalue weighted by Gasteiger charge is 2.38. The molecule has 0 amide bonds. The van der Waals surface area contributed by atoms with Crippen molar-refractivity contribution in [3.63, 3.8) is 0 Å². The minimum absolute atomic E-state index is 0.0876. The van der Waals surface area contributed by atoms with Gasteiger partial charge in [0, 0.05) is 23.1 Å². The summed E-state index contributed by atoms with van der Waals surface area (Å²) in [6.07, 6.45) is 2.40. The van der Waals surface area contributed by atoms with Crippen molar-refractivity contribution in [2.45, 2.75) is 63.7 Å². The first-order valence-electron chi connectivity index (χ1n) is 13.4. The molecule has 0 bridgehead atoms. The van der Waals surface area contributed by atoms with Crippen LogP contribution in [0.15, 0.2) is 48.5 Å². The molecule has 3 aromatic rings. The number of aryl methyl sites for hydroxylation is 1. The summed E-state index contributed by atoms with van der Waals surface area (Å²) in [6, 6.07) is 14.8. The van der Waals surface area contributed by atoms with E-state index in [1.807, 2.05) is 38.1 Å². The lowest BCUT2D eigenvalue weighted by molar-refractivity contribution is 0.0396. The van der Waals surface area contributed by atoms with Gasteiger partial charge in [-0.15, -0.1) is 0 Å². The van der Waals surface area contributed by atoms with E-state index in [0.717, 1.165) is 29.5 Å². The van der Waals surface area contributed by atoms with E-state index in [0.29, 0.717) is 40.8 Å². The average Bonchev–Trinajstić information content (AvgIpc) is 3.68. The van der Waals surface area contributed by atoms with E-state index >= 15 is 0 Å². The predicted octanol–water partition coefficient (Wildman–Crippen LogP) is 4.41. The highest BCUT2D eigenvalue weighted by atomic mass is 16.5. The number of aromatic nitrogens is 1. The highest BCUT2D eigenvalue weighted by Crippen LogP contribution is 2.44. The molecule has 39 heavy (non-hydrogen) atoms. The molecule has 1 fully saturated rings. The maximum absolute atomic E-state index is 13.2. The van der Waals surface area contributed by atoms with Crippen molar-refractivity contribution in [2.75, 3.05) is 19.8 Å². The van der Waals surface area contributed by atoms with Crippen LogP contribution in [-0.2, 0) is 11.1 Å². The third kappa shape index (κ3) is 5.93. The second-order valence-corrected chi connectivity index (χ2v) is 11.1. The number of nitrogens with zero attached hydrogens (tertiary/aromatic N) is 1. The van der Waals surface area contributed by atoms with E-state index in [2.05, 4.69) is 0 Å². The van der Waals surface area contributed by atoms with Crippen molar-refractivity contribution in [1.29, 1.82) is 0 Å². The van der Waals surface area contributed by atoms with Crippen molar-refractivity contribution in [3.8, 4) is 28.5 Å². The van der Waals surface area contributed by atoms with Crippen molar-refractivity contribution < 1.29 is 29.2 Å². The molecule has 2 aromatic carbocycles. The number of carbonyl (C=O) groups excluding carboxylic acids is 1. The zero-order valence-electron chi connectivity index (χ0n) is 22.7. The number of pyridine rings is 1. The molecule has 8 heteroatoms. The quantitative estimate of drug-likeness (QED) is 0.310. The van der Waals surface area contributed by atoms with Gasteiger partial charge in [0.25, 0.3) is 0 Å². The number of benzene rings is 2. The predicted molar refractivity (Wildman–Crippen MR) is 147 cm³/mol. The number of ketones is 1. The Morgan fingerprint density at radius 3 is 2.62 bits per heavy atom. The molecule has 1 saturated carbocycles. The maximum atomic E-state index is 13.2. The number of fused-ring (bicyclic) bond motifs is 1. The molecule has 1 aliphatic heterocycles. The first kappa shape index (κ1) is 27.1. The van der Waals surface area contributed by atoms with Crippen molar-refractivity contribution >= 4 is 5.78 Å². The minimum Gasteiger partial charge on any atom is -0.489 e. The summed E-state index contributed by atoms with van der Waals surface area (Å²) in [4.78, 5) is 18.0. The number of Topliss-reactive ketones (excluding diaryl/α,β-unsaturated/α-hetero) is 1.